The highest BCUT2D eigenvalue weighted by Crippen LogP contribution is 2.00. The summed E-state index contributed by atoms with van der Waals surface area (Å²) in [4.78, 5) is 0. The molecule has 1 unspecified atom stereocenters. The molecule has 0 aromatic carbocycles. The molecule has 0 aliphatic carbocycles. The van der Waals surface area contributed by atoms with Crippen LogP contribution in [0.4, 0.5) is 0 Å². The van der Waals surface area contributed by atoms with E-state index in [0.29, 0.717) is 6.04 Å². The van der Waals surface area contributed by atoms with Gasteiger partial charge in [0.05, 0.1) is 6.61 Å². The van der Waals surface area contributed by atoms with Crippen molar-refractivity contribution in [3.63, 3.8) is 0 Å². The van der Waals surface area contributed by atoms with Gasteiger partial charge in [0, 0.05) is 18.2 Å². The lowest BCUT2D eigenvalue weighted by molar-refractivity contribution is 0.118. The van der Waals surface area contributed by atoms with Crippen molar-refractivity contribution in [2.75, 3.05) is 13.2 Å². The molecule has 1 atom stereocenters. The molecule has 0 aliphatic heterocycles. The maximum atomic E-state index is 5.28. The van der Waals surface area contributed by atoms with Crippen molar-refractivity contribution < 1.29 is 4.74 Å². The molecule has 0 bridgehead atoms. The largest absolute Gasteiger partial charge is 0.380 e. The second-order valence-corrected chi connectivity index (χ2v) is 3.95. The van der Waals surface area contributed by atoms with Crippen LogP contribution >= 0.6 is 0 Å². The molecule has 0 aromatic heterocycles. The van der Waals surface area contributed by atoms with Crippen molar-refractivity contribution in [2.45, 2.75) is 46.2 Å². The first kappa shape index (κ1) is 10.9. The average Bonchev–Trinajstić information content (AvgIpc) is 1.79. The first-order valence-electron chi connectivity index (χ1n) is 4.31. The lowest BCUT2D eigenvalue weighted by atomic mass is 10.1. The van der Waals surface area contributed by atoms with E-state index in [9.17, 15) is 0 Å². The fourth-order valence-corrected chi connectivity index (χ4v) is 1.08. The van der Waals surface area contributed by atoms with Crippen molar-refractivity contribution in [2.24, 2.45) is 0 Å². The lowest BCUT2D eigenvalue weighted by Gasteiger charge is -2.25. The molecule has 0 saturated carbocycles. The van der Waals surface area contributed by atoms with E-state index in [0.717, 1.165) is 13.2 Å². The number of hydrogen-bond acceptors (Lipinski definition) is 2. The third-order valence-corrected chi connectivity index (χ3v) is 1.25. The number of nitrogens with one attached hydrogen (secondary N) is 1. The summed E-state index contributed by atoms with van der Waals surface area (Å²) in [5.41, 5.74) is 0.191. The van der Waals surface area contributed by atoms with E-state index < -0.39 is 0 Å². The Morgan fingerprint density at radius 1 is 1.36 bits per heavy atom. The zero-order chi connectivity index (χ0) is 8.91. The second kappa shape index (κ2) is 4.73. The summed E-state index contributed by atoms with van der Waals surface area (Å²) in [6.45, 7) is 12.2. The van der Waals surface area contributed by atoms with Gasteiger partial charge in [-0.05, 0) is 34.6 Å². The molecule has 68 valence electrons. The number of rotatable bonds is 4. The minimum atomic E-state index is 0.191. The second-order valence-electron chi connectivity index (χ2n) is 3.95. The third kappa shape index (κ3) is 7.82. The molecule has 2 nitrogen and oxygen atoms in total. The summed E-state index contributed by atoms with van der Waals surface area (Å²) in [6, 6.07) is 0.440. The highest BCUT2D eigenvalue weighted by Gasteiger charge is 2.12. The summed E-state index contributed by atoms with van der Waals surface area (Å²) < 4.78 is 5.28. The van der Waals surface area contributed by atoms with Crippen LogP contribution in [-0.2, 0) is 4.74 Å². The Bertz CT molecular complexity index is 96.2. The first-order chi connectivity index (χ1) is 4.95. The van der Waals surface area contributed by atoms with E-state index in [4.69, 9.17) is 4.74 Å². The Labute approximate surface area is 70.3 Å². The molecular weight excluding hydrogens is 138 g/mol. The van der Waals surface area contributed by atoms with Crippen molar-refractivity contribution in [3.05, 3.63) is 0 Å². The van der Waals surface area contributed by atoms with Crippen LogP contribution in [0.1, 0.15) is 34.6 Å². The van der Waals surface area contributed by atoms with Gasteiger partial charge in [-0.25, -0.2) is 0 Å². The maximum absolute atomic E-state index is 5.28. The molecule has 0 saturated heterocycles. The molecule has 0 aliphatic rings. The minimum Gasteiger partial charge on any atom is -0.380 e. The van der Waals surface area contributed by atoms with Crippen LogP contribution in [-0.4, -0.2) is 24.8 Å². The fourth-order valence-electron chi connectivity index (χ4n) is 1.08. The monoisotopic (exact) mass is 159 g/mol. The van der Waals surface area contributed by atoms with Crippen LogP contribution in [0.15, 0.2) is 0 Å². The Balaban J connectivity index is 3.44. The van der Waals surface area contributed by atoms with Gasteiger partial charge in [-0.1, -0.05) is 0 Å². The Hall–Kier alpha value is -0.0800. The van der Waals surface area contributed by atoms with E-state index in [1.807, 2.05) is 6.92 Å². The maximum Gasteiger partial charge on any atom is 0.0616 e. The van der Waals surface area contributed by atoms with E-state index in [2.05, 4.69) is 33.0 Å². The van der Waals surface area contributed by atoms with Gasteiger partial charge in [0.1, 0.15) is 0 Å². The number of ether oxygens (including phenoxy) is 1. The normalized spacial score (nSPS) is 15.0. The van der Waals surface area contributed by atoms with Gasteiger partial charge in [-0.2, -0.15) is 0 Å². The van der Waals surface area contributed by atoms with Gasteiger partial charge in [0.25, 0.3) is 0 Å². The molecule has 2 heteroatoms. The van der Waals surface area contributed by atoms with E-state index in [-0.39, 0.29) is 5.54 Å². The predicted molar refractivity (Wildman–Crippen MR) is 48.8 cm³/mol. The van der Waals surface area contributed by atoms with Gasteiger partial charge in [-0.3, -0.25) is 0 Å². The summed E-state index contributed by atoms with van der Waals surface area (Å²) in [5.74, 6) is 0. The molecule has 0 heterocycles. The van der Waals surface area contributed by atoms with Crippen LogP contribution in [0.3, 0.4) is 0 Å². The Morgan fingerprint density at radius 2 is 1.91 bits per heavy atom. The summed E-state index contributed by atoms with van der Waals surface area (Å²) in [6.07, 6.45) is 0. The molecular formula is C9H21NO. The molecule has 0 spiro atoms. The molecule has 0 amide bonds. The Morgan fingerprint density at radius 3 is 2.27 bits per heavy atom. The van der Waals surface area contributed by atoms with Gasteiger partial charge >= 0.3 is 0 Å². The van der Waals surface area contributed by atoms with E-state index in [1.54, 1.807) is 0 Å². The van der Waals surface area contributed by atoms with E-state index in [1.165, 1.54) is 0 Å². The topological polar surface area (TPSA) is 21.3 Å². The van der Waals surface area contributed by atoms with Crippen LogP contribution in [0.5, 0.6) is 0 Å². The highest BCUT2D eigenvalue weighted by atomic mass is 16.5. The molecule has 0 radical (unpaired) electrons. The van der Waals surface area contributed by atoms with Gasteiger partial charge in [0.15, 0.2) is 0 Å². The van der Waals surface area contributed by atoms with Gasteiger partial charge in [0.2, 0.25) is 0 Å². The summed E-state index contributed by atoms with van der Waals surface area (Å²) >= 11 is 0. The molecule has 0 rings (SSSR count). The smallest absolute Gasteiger partial charge is 0.0616 e. The van der Waals surface area contributed by atoms with Crippen molar-refractivity contribution in [1.29, 1.82) is 0 Å². The van der Waals surface area contributed by atoms with E-state index >= 15 is 0 Å². The Kier molecular flexibility index (Phi) is 4.69. The molecule has 11 heavy (non-hydrogen) atoms. The van der Waals surface area contributed by atoms with Crippen molar-refractivity contribution in [3.8, 4) is 0 Å². The summed E-state index contributed by atoms with van der Waals surface area (Å²) in [7, 11) is 0. The standard InChI is InChI=1S/C9H21NO/c1-6-11-7-8(2)10-9(3,4)5/h8,10H,6-7H2,1-5H3. The van der Waals surface area contributed by atoms with Crippen LogP contribution < -0.4 is 5.32 Å². The van der Waals surface area contributed by atoms with Crippen LogP contribution in [0.25, 0.3) is 0 Å². The minimum absolute atomic E-state index is 0.191. The van der Waals surface area contributed by atoms with Gasteiger partial charge < -0.3 is 10.1 Å². The van der Waals surface area contributed by atoms with Gasteiger partial charge in [-0.15, -0.1) is 0 Å². The zero-order valence-electron chi connectivity index (χ0n) is 8.40. The third-order valence-electron chi connectivity index (χ3n) is 1.25. The average molecular weight is 159 g/mol. The SMILES string of the molecule is CCOCC(C)NC(C)(C)C. The molecule has 1 N–H and O–H groups in total. The fraction of sp³-hybridized carbons (Fsp3) is 1.00. The number of hydrogen-bond donors (Lipinski definition) is 1. The van der Waals surface area contributed by atoms with Crippen LogP contribution in [0.2, 0.25) is 0 Å². The van der Waals surface area contributed by atoms with Crippen molar-refractivity contribution in [1.82, 2.24) is 5.32 Å². The molecule has 0 fully saturated rings. The quantitative estimate of drug-likeness (QED) is 0.675. The first-order valence-corrected chi connectivity index (χ1v) is 4.31. The predicted octanol–water partition coefficient (Wildman–Crippen LogP) is 1.80. The molecule has 0 aromatic rings. The zero-order valence-corrected chi connectivity index (χ0v) is 8.40. The van der Waals surface area contributed by atoms with Crippen molar-refractivity contribution >= 4 is 0 Å². The highest BCUT2D eigenvalue weighted by molar-refractivity contribution is 4.74. The summed E-state index contributed by atoms with van der Waals surface area (Å²) in [5, 5.41) is 3.43. The lowest BCUT2D eigenvalue weighted by Crippen LogP contribution is -2.44. The van der Waals surface area contributed by atoms with Crippen LogP contribution in [0, 0.1) is 0 Å².